The molecule has 12 nitrogen and oxygen atoms in total. The van der Waals surface area contributed by atoms with E-state index in [2.05, 4.69) is 28.0 Å². The van der Waals surface area contributed by atoms with Crippen LogP contribution in [0.5, 0.6) is 0 Å². The summed E-state index contributed by atoms with van der Waals surface area (Å²) in [4.78, 5) is 62.8. The molecule has 1 saturated heterocycles. The van der Waals surface area contributed by atoms with Crippen molar-refractivity contribution in [1.29, 1.82) is 0 Å². The van der Waals surface area contributed by atoms with Crippen molar-refractivity contribution >= 4 is 29.7 Å². The van der Waals surface area contributed by atoms with Crippen molar-refractivity contribution in [1.82, 2.24) is 26.4 Å². The van der Waals surface area contributed by atoms with Crippen LogP contribution in [0.15, 0.2) is 12.7 Å². The van der Waals surface area contributed by atoms with Crippen LogP contribution in [0.1, 0.15) is 72.6 Å². The second-order valence-electron chi connectivity index (χ2n) is 11.1. The minimum Gasteiger partial charge on any atom is -0.465 e. The average Bonchev–Trinajstić information content (AvgIpc) is 3.24. The van der Waals surface area contributed by atoms with Crippen LogP contribution in [0.25, 0.3) is 0 Å². The predicted octanol–water partition coefficient (Wildman–Crippen LogP) is 1.46. The van der Waals surface area contributed by atoms with Gasteiger partial charge in [0.25, 0.3) is 11.8 Å². The normalized spacial score (nSPS) is 20.4. The Morgan fingerprint density at radius 3 is 2.32 bits per heavy atom. The topological polar surface area (TPSA) is 166 Å². The predicted molar refractivity (Wildman–Crippen MR) is 140 cm³/mol. The SMILES string of the molecule is C=CC(=O)N(CC1CCNC1=O)NC(=O)C(CC1CCCCC1)NC(=O)C(NC(=O)O)C(C)OC(C)(C)C. The molecule has 0 spiro atoms. The largest absolute Gasteiger partial charge is 0.465 e. The molecule has 0 aromatic rings. The second-order valence-corrected chi connectivity index (χ2v) is 11.1. The van der Waals surface area contributed by atoms with E-state index in [1.165, 1.54) is 0 Å². The molecule has 1 heterocycles. The molecule has 1 aliphatic carbocycles. The molecule has 1 saturated carbocycles. The lowest BCUT2D eigenvalue weighted by Crippen LogP contribution is -2.60. The van der Waals surface area contributed by atoms with Gasteiger partial charge in [0, 0.05) is 6.54 Å². The zero-order valence-electron chi connectivity index (χ0n) is 22.9. The van der Waals surface area contributed by atoms with Gasteiger partial charge in [-0.2, -0.15) is 0 Å². The van der Waals surface area contributed by atoms with Crippen molar-refractivity contribution < 1.29 is 33.8 Å². The zero-order chi connectivity index (χ0) is 28.5. The fraction of sp³-hybridized carbons (Fsp3) is 0.731. The van der Waals surface area contributed by atoms with Crippen LogP contribution in [0.3, 0.4) is 0 Å². The summed E-state index contributed by atoms with van der Waals surface area (Å²) in [5.74, 6) is -2.43. The standard InChI is InChI=1S/C26H43N5O7/c1-6-20(32)31(15-18-12-13-27-22(18)33)30-23(34)19(14-17-10-8-7-9-11-17)28-24(35)21(29-25(36)37)16(2)38-26(3,4)5/h6,16-19,21,29H,1,7-15H2,2-5H3,(H,27,33)(H,28,35)(H,30,34)(H,36,37). The highest BCUT2D eigenvalue weighted by molar-refractivity contribution is 5.94. The van der Waals surface area contributed by atoms with Gasteiger partial charge in [-0.15, -0.1) is 0 Å². The molecule has 4 unspecified atom stereocenters. The maximum atomic E-state index is 13.5. The number of amides is 5. The van der Waals surface area contributed by atoms with Crippen LogP contribution in [0.4, 0.5) is 4.79 Å². The van der Waals surface area contributed by atoms with E-state index in [1.54, 1.807) is 27.7 Å². The number of hydrazine groups is 1. The summed E-state index contributed by atoms with van der Waals surface area (Å²) in [5, 5.41) is 18.0. The van der Waals surface area contributed by atoms with E-state index in [9.17, 15) is 29.1 Å². The maximum absolute atomic E-state index is 13.5. The maximum Gasteiger partial charge on any atom is 0.405 e. The monoisotopic (exact) mass is 537 g/mol. The van der Waals surface area contributed by atoms with Gasteiger partial charge >= 0.3 is 6.09 Å². The first kappa shape index (κ1) is 31.1. The lowest BCUT2D eigenvalue weighted by Gasteiger charge is -2.33. The lowest BCUT2D eigenvalue weighted by atomic mass is 9.84. The minimum atomic E-state index is -1.40. The van der Waals surface area contributed by atoms with Crippen LogP contribution in [0, 0.1) is 11.8 Å². The summed E-state index contributed by atoms with van der Waals surface area (Å²) < 4.78 is 5.82. The average molecular weight is 538 g/mol. The van der Waals surface area contributed by atoms with E-state index >= 15 is 0 Å². The fourth-order valence-corrected chi connectivity index (χ4v) is 4.96. The molecule has 5 amide bonds. The van der Waals surface area contributed by atoms with Gasteiger partial charge in [0.15, 0.2) is 0 Å². The molecular weight excluding hydrogens is 494 g/mol. The third-order valence-electron chi connectivity index (χ3n) is 6.75. The van der Waals surface area contributed by atoms with Gasteiger partial charge in [0.2, 0.25) is 11.8 Å². The van der Waals surface area contributed by atoms with Crippen LogP contribution in [-0.2, 0) is 23.9 Å². The summed E-state index contributed by atoms with van der Waals surface area (Å²) in [7, 11) is 0. The van der Waals surface area contributed by atoms with Crippen molar-refractivity contribution in [3.05, 3.63) is 12.7 Å². The molecule has 5 N–H and O–H groups in total. The van der Waals surface area contributed by atoms with Crippen molar-refractivity contribution in [2.45, 2.75) is 96.4 Å². The van der Waals surface area contributed by atoms with E-state index in [-0.39, 0.29) is 18.4 Å². The molecule has 0 aromatic carbocycles. The number of carbonyl (C=O) groups is 5. The summed E-state index contributed by atoms with van der Waals surface area (Å²) in [6.45, 7) is 10.9. The zero-order valence-corrected chi connectivity index (χ0v) is 22.9. The van der Waals surface area contributed by atoms with Gasteiger partial charge in [-0.1, -0.05) is 38.7 Å². The highest BCUT2D eigenvalue weighted by Gasteiger charge is 2.35. The van der Waals surface area contributed by atoms with Crippen molar-refractivity contribution in [2.24, 2.45) is 11.8 Å². The van der Waals surface area contributed by atoms with Crippen molar-refractivity contribution in [2.75, 3.05) is 13.1 Å². The molecule has 2 fully saturated rings. The highest BCUT2D eigenvalue weighted by Crippen LogP contribution is 2.27. The summed E-state index contributed by atoms with van der Waals surface area (Å²) >= 11 is 0. The Bertz CT molecular complexity index is 882. The number of hydrogen-bond acceptors (Lipinski definition) is 6. The van der Waals surface area contributed by atoms with E-state index in [4.69, 9.17) is 4.74 Å². The summed E-state index contributed by atoms with van der Waals surface area (Å²) in [5.41, 5.74) is 1.92. The molecule has 2 aliphatic rings. The van der Waals surface area contributed by atoms with Gasteiger partial charge in [-0.3, -0.25) is 24.6 Å². The summed E-state index contributed by atoms with van der Waals surface area (Å²) in [6, 6.07) is -2.32. The molecule has 0 aromatic heterocycles. The summed E-state index contributed by atoms with van der Waals surface area (Å²) in [6.07, 6.45) is 4.60. The number of ether oxygens (including phenoxy) is 1. The Morgan fingerprint density at radius 1 is 1.13 bits per heavy atom. The number of hydrogen-bond donors (Lipinski definition) is 5. The van der Waals surface area contributed by atoms with Gasteiger partial charge in [-0.05, 0) is 52.5 Å². The smallest absolute Gasteiger partial charge is 0.405 e. The van der Waals surface area contributed by atoms with Crippen LogP contribution in [-0.4, -0.2) is 76.7 Å². The molecule has 0 bridgehead atoms. The Kier molecular flexibility index (Phi) is 11.6. The third-order valence-corrected chi connectivity index (χ3v) is 6.75. The number of carboxylic acid groups (broad SMARTS) is 1. The first-order chi connectivity index (χ1) is 17.8. The van der Waals surface area contributed by atoms with Gasteiger partial charge < -0.3 is 25.8 Å². The molecule has 38 heavy (non-hydrogen) atoms. The van der Waals surface area contributed by atoms with Gasteiger partial charge in [0.05, 0.1) is 24.2 Å². The van der Waals surface area contributed by atoms with E-state index < -0.39 is 53.5 Å². The quantitative estimate of drug-likeness (QED) is 0.196. The van der Waals surface area contributed by atoms with E-state index in [0.717, 1.165) is 43.2 Å². The Hall–Kier alpha value is -3.15. The number of nitrogens with zero attached hydrogens (tertiary/aromatic N) is 1. The van der Waals surface area contributed by atoms with Gasteiger partial charge in [-0.25, -0.2) is 9.80 Å². The molecular formula is C26H43N5O7. The van der Waals surface area contributed by atoms with Crippen LogP contribution in [0.2, 0.25) is 0 Å². The molecule has 1 aliphatic heterocycles. The molecule has 2 rings (SSSR count). The lowest BCUT2D eigenvalue weighted by molar-refractivity contribution is -0.142. The Labute approximate surface area is 224 Å². The number of rotatable bonds is 11. The first-order valence-electron chi connectivity index (χ1n) is 13.3. The van der Waals surface area contributed by atoms with Crippen molar-refractivity contribution in [3.63, 3.8) is 0 Å². The second kappa shape index (κ2) is 14.1. The van der Waals surface area contributed by atoms with E-state index in [1.807, 2.05) is 0 Å². The fourth-order valence-electron chi connectivity index (χ4n) is 4.96. The minimum absolute atomic E-state index is 0.0355. The number of nitrogens with one attached hydrogen (secondary N) is 4. The van der Waals surface area contributed by atoms with Crippen LogP contribution >= 0.6 is 0 Å². The highest BCUT2D eigenvalue weighted by atomic mass is 16.5. The Balaban J connectivity index is 2.23. The van der Waals surface area contributed by atoms with E-state index in [0.29, 0.717) is 19.4 Å². The molecule has 12 heteroatoms. The van der Waals surface area contributed by atoms with Crippen LogP contribution < -0.4 is 21.4 Å². The van der Waals surface area contributed by atoms with Gasteiger partial charge in [0.1, 0.15) is 12.1 Å². The first-order valence-corrected chi connectivity index (χ1v) is 13.3. The van der Waals surface area contributed by atoms with Crippen molar-refractivity contribution in [3.8, 4) is 0 Å². The molecule has 4 atom stereocenters. The number of carbonyl (C=O) groups excluding carboxylic acids is 4. The molecule has 0 radical (unpaired) electrons. The molecule has 214 valence electrons. The third kappa shape index (κ3) is 9.96. The Morgan fingerprint density at radius 2 is 1.79 bits per heavy atom.